The first-order valence-corrected chi connectivity index (χ1v) is 6.61. The number of aryl methyl sites for hydroxylation is 2. The van der Waals surface area contributed by atoms with Gasteiger partial charge < -0.3 is 5.32 Å². The van der Waals surface area contributed by atoms with Gasteiger partial charge in [0.25, 0.3) is 0 Å². The predicted molar refractivity (Wildman–Crippen MR) is 73.2 cm³/mol. The molecule has 3 nitrogen and oxygen atoms in total. The van der Waals surface area contributed by atoms with Crippen LogP contribution in [0.25, 0.3) is 0 Å². The molecule has 0 spiro atoms. The molecule has 0 fully saturated rings. The number of nitrogens with zero attached hydrogens (tertiary/aromatic N) is 2. The number of pyridine rings is 1. The van der Waals surface area contributed by atoms with Gasteiger partial charge in [0.2, 0.25) is 0 Å². The van der Waals surface area contributed by atoms with Gasteiger partial charge in [-0.1, -0.05) is 23.2 Å². The minimum absolute atomic E-state index is 0.399. The number of hydrogen-bond donors (Lipinski definition) is 1. The molecule has 2 heterocycles. The first kappa shape index (κ1) is 12.6. The molecule has 1 N–H and O–H groups in total. The predicted octanol–water partition coefficient (Wildman–Crippen LogP) is 4.07. The topological polar surface area (TPSA) is 37.8 Å². The van der Waals surface area contributed by atoms with E-state index in [4.69, 9.17) is 23.2 Å². The summed E-state index contributed by atoms with van der Waals surface area (Å²) in [5, 5.41) is 5.12. The fourth-order valence-electron chi connectivity index (χ4n) is 1.47. The summed E-state index contributed by atoms with van der Waals surface area (Å²) in [5.41, 5.74) is 1.80. The molecule has 2 rings (SSSR count). The Morgan fingerprint density at radius 3 is 2.71 bits per heavy atom. The second kappa shape index (κ2) is 5.21. The van der Waals surface area contributed by atoms with Crippen molar-refractivity contribution in [2.75, 3.05) is 5.32 Å². The summed E-state index contributed by atoms with van der Waals surface area (Å²) in [7, 11) is 0. The van der Waals surface area contributed by atoms with E-state index in [1.807, 2.05) is 20.0 Å². The van der Waals surface area contributed by atoms with E-state index >= 15 is 0 Å². The highest BCUT2D eigenvalue weighted by Crippen LogP contribution is 2.27. The Balaban J connectivity index is 2.14. The molecule has 0 atom stereocenters. The number of rotatable bonds is 3. The van der Waals surface area contributed by atoms with Gasteiger partial charge in [0.15, 0.2) is 5.15 Å². The number of hydrogen-bond acceptors (Lipinski definition) is 4. The van der Waals surface area contributed by atoms with Gasteiger partial charge in [0, 0.05) is 11.1 Å². The second-order valence-electron chi connectivity index (χ2n) is 3.63. The zero-order chi connectivity index (χ0) is 12.4. The van der Waals surface area contributed by atoms with Gasteiger partial charge in [-0.2, -0.15) is 0 Å². The number of anilines is 1. The van der Waals surface area contributed by atoms with Crippen LogP contribution in [0.5, 0.6) is 0 Å². The molecule has 0 aliphatic rings. The Morgan fingerprint density at radius 2 is 2.12 bits per heavy atom. The highest BCUT2D eigenvalue weighted by molar-refractivity contribution is 7.11. The lowest BCUT2D eigenvalue weighted by atomic mass is 10.2. The molecule has 0 aliphatic carbocycles. The van der Waals surface area contributed by atoms with Crippen molar-refractivity contribution in [2.45, 2.75) is 20.4 Å². The minimum Gasteiger partial charge on any atom is -0.377 e. The van der Waals surface area contributed by atoms with Crippen LogP contribution < -0.4 is 5.32 Å². The number of halogens is 2. The van der Waals surface area contributed by atoms with E-state index in [9.17, 15) is 0 Å². The molecule has 6 heteroatoms. The number of thiazole rings is 1. The lowest BCUT2D eigenvalue weighted by Gasteiger charge is -2.10. The lowest BCUT2D eigenvalue weighted by molar-refractivity contribution is 1.14. The zero-order valence-electron chi connectivity index (χ0n) is 9.42. The molecule has 0 bridgehead atoms. The molecule has 90 valence electrons. The minimum atomic E-state index is 0.399. The van der Waals surface area contributed by atoms with Gasteiger partial charge in [0.1, 0.15) is 5.15 Å². The molecule has 0 saturated carbocycles. The quantitative estimate of drug-likeness (QED) is 0.865. The Kier molecular flexibility index (Phi) is 3.86. The average Bonchev–Trinajstić information content (AvgIpc) is 2.62. The molecular weight excluding hydrogens is 277 g/mol. The highest BCUT2D eigenvalue weighted by Gasteiger charge is 2.07. The van der Waals surface area contributed by atoms with Crippen LogP contribution in [0, 0.1) is 13.8 Å². The third-order valence-corrected chi connectivity index (χ3v) is 3.63. The maximum absolute atomic E-state index is 6.04. The molecular formula is C11H11Cl2N3S. The lowest BCUT2D eigenvalue weighted by Crippen LogP contribution is -2.01. The Hall–Kier alpha value is -0.840. The van der Waals surface area contributed by atoms with E-state index in [2.05, 4.69) is 15.3 Å². The van der Waals surface area contributed by atoms with E-state index in [1.54, 1.807) is 17.4 Å². The first-order valence-electron chi connectivity index (χ1n) is 5.04. The first-order chi connectivity index (χ1) is 8.06. The molecule has 0 unspecified atom stereocenters. The molecule has 0 aliphatic heterocycles. The van der Waals surface area contributed by atoms with Gasteiger partial charge in [-0.25, -0.2) is 9.97 Å². The largest absolute Gasteiger partial charge is 0.377 e. The van der Waals surface area contributed by atoms with Crippen molar-refractivity contribution in [3.8, 4) is 0 Å². The molecule has 2 aromatic heterocycles. The van der Waals surface area contributed by atoms with Crippen LogP contribution in [0.4, 0.5) is 5.69 Å². The van der Waals surface area contributed by atoms with Crippen LogP contribution in [-0.4, -0.2) is 9.97 Å². The Morgan fingerprint density at radius 1 is 1.35 bits per heavy atom. The molecule has 0 radical (unpaired) electrons. The van der Waals surface area contributed by atoms with Crippen LogP contribution in [0.15, 0.2) is 12.3 Å². The van der Waals surface area contributed by atoms with Crippen LogP contribution in [-0.2, 0) is 6.54 Å². The van der Waals surface area contributed by atoms with Crippen molar-refractivity contribution in [3.05, 3.63) is 38.0 Å². The third-order valence-electron chi connectivity index (χ3n) is 2.25. The van der Waals surface area contributed by atoms with Gasteiger partial charge in [-0.05, 0) is 25.5 Å². The molecule has 0 saturated heterocycles. The fraction of sp³-hybridized carbons (Fsp3) is 0.273. The number of nitrogens with one attached hydrogen (secondary N) is 1. The van der Waals surface area contributed by atoms with Crippen molar-refractivity contribution in [3.63, 3.8) is 0 Å². The smallest absolute Gasteiger partial charge is 0.154 e. The van der Waals surface area contributed by atoms with Crippen molar-refractivity contribution in [2.24, 2.45) is 0 Å². The van der Waals surface area contributed by atoms with Crippen molar-refractivity contribution in [1.82, 2.24) is 9.97 Å². The van der Waals surface area contributed by atoms with E-state index < -0.39 is 0 Å². The highest BCUT2D eigenvalue weighted by atomic mass is 35.5. The van der Waals surface area contributed by atoms with Gasteiger partial charge in [-0.15, -0.1) is 11.3 Å². The fourth-order valence-corrected chi connectivity index (χ4v) is 2.80. The monoisotopic (exact) mass is 287 g/mol. The van der Waals surface area contributed by atoms with Crippen LogP contribution in [0.3, 0.4) is 0 Å². The maximum atomic E-state index is 6.04. The average molecular weight is 288 g/mol. The summed E-state index contributed by atoms with van der Waals surface area (Å²) in [5.74, 6) is 0. The summed E-state index contributed by atoms with van der Waals surface area (Å²) >= 11 is 13.5. The van der Waals surface area contributed by atoms with E-state index in [0.29, 0.717) is 16.9 Å². The van der Waals surface area contributed by atoms with Gasteiger partial charge in [-0.3, -0.25) is 0 Å². The Bertz CT molecular complexity index is 516. The van der Waals surface area contributed by atoms with Crippen LogP contribution >= 0.6 is 34.5 Å². The van der Waals surface area contributed by atoms with Crippen molar-refractivity contribution < 1.29 is 0 Å². The van der Waals surface area contributed by atoms with Crippen LogP contribution in [0.1, 0.15) is 15.4 Å². The van der Waals surface area contributed by atoms with E-state index in [0.717, 1.165) is 21.1 Å². The molecule has 2 aromatic rings. The van der Waals surface area contributed by atoms with Crippen LogP contribution in [0.2, 0.25) is 10.3 Å². The number of aromatic nitrogens is 2. The van der Waals surface area contributed by atoms with Gasteiger partial charge in [0.05, 0.1) is 17.2 Å². The molecule has 0 aromatic carbocycles. The van der Waals surface area contributed by atoms with Crippen molar-refractivity contribution in [1.29, 1.82) is 0 Å². The summed E-state index contributed by atoms with van der Waals surface area (Å²) < 4.78 is 0. The van der Waals surface area contributed by atoms with E-state index in [1.165, 1.54) is 0 Å². The Labute approximate surface area is 114 Å². The normalized spacial score (nSPS) is 10.6. The molecule has 0 amide bonds. The summed E-state index contributed by atoms with van der Waals surface area (Å²) in [4.78, 5) is 9.36. The third kappa shape index (κ3) is 3.09. The SMILES string of the molecule is Cc1ncc(CNc2c(C)cc(Cl)nc2Cl)s1. The summed E-state index contributed by atoms with van der Waals surface area (Å²) in [6, 6.07) is 1.79. The van der Waals surface area contributed by atoms with E-state index in [-0.39, 0.29) is 0 Å². The summed E-state index contributed by atoms with van der Waals surface area (Å²) in [6.45, 7) is 4.62. The summed E-state index contributed by atoms with van der Waals surface area (Å²) in [6.07, 6.45) is 1.86. The second-order valence-corrected chi connectivity index (χ2v) is 5.69. The van der Waals surface area contributed by atoms with Gasteiger partial charge >= 0.3 is 0 Å². The van der Waals surface area contributed by atoms with Crippen molar-refractivity contribution >= 4 is 40.2 Å². The zero-order valence-corrected chi connectivity index (χ0v) is 11.7. The standard InChI is InChI=1S/C11H11Cl2N3S/c1-6-3-9(12)16-11(13)10(6)15-5-8-4-14-7(2)17-8/h3-4,15H,5H2,1-2H3. The molecule has 17 heavy (non-hydrogen) atoms. The maximum Gasteiger partial charge on any atom is 0.154 e.